The Kier molecular flexibility index (Phi) is 4.39. The van der Waals surface area contributed by atoms with Crippen LogP contribution in [-0.2, 0) is 13.5 Å². The van der Waals surface area contributed by atoms with Gasteiger partial charge in [-0.05, 0) is 61.1 Å². The minimum atomic E-state index is 0.596. The van der Waals surface area contributed by atoms with Crippen molar-refractivity contribution < 1.29 is 8.98 Å². The fourth-order valence-corrected chi connectivity index (χ4v) is 4.75. The highest BCUT2D eigenvalue weighted by molar-refractivity contribution is 6.10. The Balaban J connectivity index is 1.93. The first-order valence-corrected chi connectivity index (χ1v) is 10.8. The van der Waals surface area contributed by atoms with Crippen LogP contribution in [0.5, 0.6) is 0 Å². The molecule has 0 amide bonds. The predicted molar refractivity (Wildman–Crippen MR) is 126 cm³/mol. The summed E-state index contributed by atoms with van der Waals surface area (Å²) in [4.78, 5) is 0. The number of furan rings is 1. The predicted octanol–water partition coefficient (Wildman–Crippen LogP) is 7.05. The number of para-hydroxylation sites is 2. The Morgan fingerprint density at radius 3 is 2.33 bits per heavy atom. The Morgan fingerprint density at radius 2 is 1.57 bits per heavy atom. The van der Waals surface area contributed by atoms with Crippen LogP contribution in [0.3, 0.4) is 0 Å². The summed E-state index contributed by atoms with van der Waals surface area (Å²) in [6, 6.07) is 21.8. The zero-order valence-corrected chi connectivity index (χ0v) is 18.4. The van der Waals surface area contributed by atoms with Crippen molar-refractivity contribution in [2.75, 3.05) is 0 Å². The van der Waals surface area contributed by atoms with Gasteiger partial charge in [-0.25, -0.2) is 0 Å². The van der Waals surface area contributed by atoms with Gasteiger partial charge < -0.3 is 4.42 Å². The van der Waals surface area contributed by atoms with Crippen molar-refractivity contribution in [1.29, 1.82) is 0 Å². The Hall–Kier alpha value is -3.13. The lowest BCUT2D eigenvalue weighted by Gasteiger charge is -2.13. The first-order chi connectivity index (χ1) is 14.5. The number of aryl methyl sites for hydroxylation is 2. The first kappa shape index (κ1) is 18.9. The SMILES string of the molecule is Cc1cc2c(oc3ccccc32)c(-c2cc(CC(C)C)c3ccccc3[n+]2C)c1C. The van der Waals surface area contributed by atoms with Gasteiger partial charge >= 0.3 is 0 Å². The molecule has 2 aromatic heterocycles. The molecule has 0 aliphatic carbocycles. The largest absolute Gasteiger partial charge is 0.455 e. The van der Waals surface area contributed by atoms with E-state index < -0.39 is 0 Å². The summed E-state index contributed by atoms with van der Waals surface area (Å²) in [6.07, 6.45) is 1.06. The molecule has 0 fully saturated rings. The monoisotopic (exact) mass is 394 g/mol. The highest BCUT2D eigenvalue weighted by Gasteiger charge is 2.25. The molecule has 2 heteroatoms. The summed E-state index contributed by atoms with van der Waals surface area (Å²) in [6.45, 7) is 9.00. The van der Waals surface area contributed by atoms with Crippen molar-refractivity contribution >= 4 is 32.8 Å². The van der Waals surface area contributed by atoms with Gasteiger partial charge in [-0.15, -0.1) is 0 Å². The molecule has 2 heterocycles. The number of pyridine rings is 1. The van der Waals surface area contributed by atoms with Gasteiger partial charge in [-0.3, -0.25) is 0 Å². The van der Waals surface area contributed by atoms with E-state index in [2.05, 4.69) is 93.9 Å². The van der Waals surface area contributed by atoms with Crippen LogP contribution in [0.1, 0.15) is 30.5 Å². The number of rotatable bonds is 3. The van der Waals surface area contributed by atoms with Gasteiger partial charge in [0.15, 0.2) is 0 Å². The molecule has 150 valence electrons. The summed E-state index contributed by atoms with van der Waals surface area (Å²) in [5.41, 5.74) is 9.60. The van der Waals surface area contributed by atoms with Crippen molar-refractivity contribution in [3.8, 4) is 11.3 Å². The third-order valence-electron chi connectivity index (χ3n) is 6.36. The molecule has 0 aliphatic rings. The highest BCUT2D eigenvalue weighted by Crippen LogP contribution is 2.39. The lowest BCUT2D eigenvalue weighted by atomic mass is 9.92. The second kappa shape index (κ2) is 6.98. The van der Waals surface area contributed by atoms with E-state index in [4.69, 9.17) is 4.42 Å². The molecule has 5 rings (SSSR count). The first-order valence-electron chi connectivity index (χ1n) is 10.8. The van der Waals surface area contributed by atoms with Crippen molar-refractivity contribution in [3.63, 3.8) is 0 Å². The topological polar surface area (TPSA) is 17.0 Å². The number of fused-ring (bicyclic) bond motifs is 4. The normalized spacial score (nSPS) is 11.9. The maximum atomic E-state index is 6.45. The van der Waals surface area contributed by atoms with Gasteiger partial charge in [0.1, 0.15) is 18.2 Å². The van der Waals surface area contributed by atoms with Gasteiger partial charge in [0.05, 0.1) is 5.56 Å². The van der Waals surface area contributed by atoms with E-state index in [0.29, 0.717) is 5.92 Å². The van der Waals surface area contributed by atoms with Gasteiger partial charge in [-0.2, -0.15) is 4.57 Å². The van der Waals surface area contributed by atoms with Crippen LogP contribution in [0.4, 0.5) is 0 Å². The van der Waals surface area contributed by atoms with Crippen LogP contribution >= 0.6 is 0 Å². The van der Waals surface area contributed by atoms with E-state index in [1.165, 1.54) is 49.6 Å². The van der Waals surface area contributed by atoms with E-state index in [-0.39, 0.29) is 0 Å². The van der Waals surface area contributed by atoms with Crippen LogP contribution in [-0.4, -0.2) is 0 Å². The zero-order chi connectivity index (χ0) is 21.0. The Morgan fingerprint density at radius 1 is 0.867 bits per heavy atom. The van der Waals surface area contributed by atoms with Crippen LogP contribution in [0.15, 0.2) is 65.1 Å². The number of hydrogen-bond donors (Lipinski definition) is 0. The Bertz CT molecular complexity index is 1420. The van der Waals surface area contributed by atoms with E-state index in [9.17, 15) is 0 Å². The molecule has 0 bridgehead atoms. The molecule has 2 nitrogen and oxygen atoms in total. The van der Waals surface area contributed by atoms with E-state index in [1.54, 1.807) is 0 Å². The quantitative estimate of drug-likeness (QED) is 0.300. The van der Waals surface area contributed by atoms with E-state index in [1.807, 2.05) is 6.07 Å². The molecule has 0 saturated heterocycles. The van der Waals surface area contributed by atoms with Crippen LogP contribution in [0.25, 0.3) is 44.1 Å². The van der Waals surface area contributed by atoms with Gasteiger partial charge in [0, 0.05) is 28.3 Å². The van der Waals surface area contributed by atoms with Crippen LogP contribution < -0.4 is 4.57 Å². The van der Waals surface area contributed by atoms with Gasteiger partial charge in [-0.1, -0.05) is 44.2 Å². The molecule has 0 radical (unpaired) electrons. The fourth-order valence-electron chi connectivity index (χ4n) is 4.75. The minimum Gasteiger partial charge on any atom is -0.455 e. The number of nitrogens with zero attached hydrogens (tertiary/aromatic N) is 1. The second-order valence-corrected chi connectivity index (χ2v) is 8.90. The van der Waals surface area contributed by atoms with Gasteiger partial charge in [0.25, 0.3) is 0 Å². The fraction of sp³-hybridized carbons (Fsp3) is 0.250. The summed E-state index contributed by atoms with van der Waals surface area (Å²) in [5.74, 6) is 0.596. The molecule has 0 spiro atoms. The zero-order valence-electron chi connectivity index (χ0n) is 18.4. The van der Waals surface area contributed by atoms with Crippen molar-refractivity contribution in [3.05, 3.63) is 77.4 Å². The molecule has 0 aliphatic heterocycles. The molecule has 0 atom stereocenters. The molecular formula is C28H28NO+. The third kappa shape index (κ3) is 2.82. The average molecular weight is 395 g/mol. The maximum absolute atomic E-state index is 6.45. The number of benzene rings is 3. The molecular weight excluding hydrogens is 366 g/mol. The summed E-state index contributed by atoms with van der Waals surface area (Å²) < 4.78 is 8.78. The minimum absolute atomic E-state index is 0.596. The lowest BCUT2D eigenvalue weighted by molar-refractivity contribution is -0.633. The summed E-state index contributed by atoms with van der Waals surface area (Å²) in [5, 5.41) is 3.72. The van der Waals surface area contributed by atoms with Crippen molar-refractivity contribution in [2.24, 2.45) is 13.0 Å². The molecule has 0 unspecified atom stereocenters. The van der Waals surface area contributed by atoms with Crippen molar-refractivity contribution in [2.45, 2.75) is 34.1 Å². The van der Waals surface area contributed by atoms with E-state index in [0.717, 1.165) is 17.6 Å². The van der Waals surface area contributed by atoms with Crippen LogP contribution in [0.2, 0.25) is 0 Å². The molecule has 3 aromatic carbocycles. The number of hydrogen-bond acceptors (Lipinski definition) is 1. The van der Waals surface area contributed by atoms with Gasteiger partial charge in [0.2, 0.25) is 11.2 Å². The Labute approximate surface area is 177 Å². The summed E-state index contributed by atoms with van der Waals surface area (Å²) >= 11 is 0. The molecule has 0 saturated carbocycles. The second-order valence-electron chi connectivity index (χ2n) is 8.90. The standard InChI is InChI=1S/C28H28NO/c1-17(2)14-20-16-25(29(5)24-12-8-6-10-21(20)24)27-19(4)18(3)15-23-22-11-7-9-13-26(22)30-28(23)27/h6-13,15-17H,14H2,1-5H3/q+1. The van der Waals surface area contributed by atoms with Crippen molar-refractivity contribution in [1.82, 2.24) is 0 Å². The molecule has 0 N–H and O–H groups in total. The third-order valence-corrected chi connectivity index (χ3v) is 6.36. The molecule has 5 aromatic rings. The van der Waals surface area contributed by atoms with E-state index >= 15 is 0 Å². The summed E-state index contributed by atoms with van der Waals surface area (Å²) in [7, 11) is 2.17. The maximum Gasteiger partial charge on any atom is 0.217 e. The smallest absolute Gasteiger partial charge is 0.217 e. The number of aromatic nitrogens is 1. The molecule has 30 heavy (non-hydrogen) atoms. The highest BCUT2D eigenvalue weighted by atomic mass is 16.3. The lowest BCUT2D eigenvalue weighted by Crippen LogP contribution is -2.33. The average Bonchev–Trinajstić information content (AvgIpc) is 3.09. The van der Waals surface area contributed by atoms with Crippen LogP contribution in [0, 0.1) is 19.8 Å².